The smallest absolute Gasteiger partial charge is 0.165 e. The van der Waals surface area contributed by atoms with Gasteiger partial charge in [0.25, 0.3) is 0 Å². The summed E-state index contributed by atoms with van der Waals surface area (Å²) in [5, 5.41) is 5.88. The van der Waals surface area contributed by atoms with Crippen LogP contribution in [0.3, 0.4) is 0 Å². The van der Waals surface area contributed by atoms with Gasteiger partial charge in [0.2, 0.25) is 0 Å². The number of carbonyl (C=O) groups is 1. The van der Waals surface area contributed by atoms with E-state index in [0.717, 1.165) is 10.6 Å². The van der Waals surface area contributed by atoms with E-state index in [1.165, 1.54) is 0 Å². The van der Waals surface area contributed by atoms with Gasteiger partial charge in [-0.2, -0.15) is 0 Å². The van der Waals surface area contributed by atoms with Crippen molar-refractivity contribution in [1.29, 1.82) is 0 Å². The second kappa shape index (κ2) is 3.53. The van der Waals surface area contributed by atoms with Crippen molar-refractivity contribution in [2.75, 3.05) is 12.4 Å². The normalized spacial score (nSPS) is 9.64. The molecule has 0 aliphatic heterocycles. The first-order chi connectivity index (χ1) is 5.29. The first-order valence-electron chi connectivity index (χ1n) is 3.58. The van der Waals surface area contributed by atoms with Gasteiger partial charge in [0.1, 0.15) is 0 Å². The maximum absolute atomic E-state index is 11.2. The summed E-state index contributed by atoms with van der Waals surface area (Å²) in [6.07, 6.45) is 0.575. The predicted molar refractivity (Wildman–Crippen MR) is 48.5 cm³/mol. The van der Waals surface area contributed by atoms with Gasteiger partial charge in [0.05, 0.1) is 10.6 Å². The van der Waals surface area contributed by atoms with E-state index in [1.807, 2.05) is 25.4 Å². The van der Waals surface area contributed by atoms with Gasteiger partial charge in [0.15, 0.2) is 5.78 Å². The Labute approximate surface area is 70.2 Å². The van der Waals surface area contributed by atoms with Crippen molar-refractivity contribution >= 4 is 22.1 Å². The number of carbonyl (C=O) groups excluding carboxylic acids is 1. The predicted octanol–water partition coefficient (Wildman–Crippen LogP) is 2.38. The Bertz CT molecular complexity index is 254. The van der Waals surface area contributed by atoms with Gasteiger partial charge in [-0.3, -0.25) is 4.79 Å². The van der Waals surface area contributed by atoms with Gasteiger partial charge < -0.3 is 5.32 Å². The largest absolute Gasteiger partial charge is 0.379 e. The molecule has 0 spiro atoms. The number of thiophene rings is 1. The van der Waals surface area contributed by atoms with E-state index < -0.39 is 0 Å². The molecule has 0 bridgehead atoms. The molecule has 0 atom stereocenters. The zero-order valence-corrected chi connectivity index (χ0v) is 7.49. The van der Waals surface area contributed by atoms with Crippen LogP contribution < -0.4 is 5.32 Å². The average Bonchev–Trinajstić information content (AvgIpc) is 2.50. The van der Waals surface area contributed by atoms with Crippen molar-refractivity contribution in [3.63, 3.8) is 0 Å². The van der Waals surface area contributed by atoms with E-state index in [1.54, 1.807) is 11.3 Å². The van der Waals surface area contributed by atoms with Crippen molar-refractivity contribution in [2.24, 2.45) is 0 Å². The highest BCUT2D eigenvalue weighted by Gasteiger charge is 2.08. The molecule has 0 aliphatic carbocycles. The number of Topliss-reactive ketones (excluding diaryl/α,β-unsaturated/α-hetero) is 1. The lowest BCUT2D eigenvalue weighted by Crippen LogP contribution is -1.98. The molecule has 0 radical (unpaired) electrons. The van der Waals surface area contributed by atoms with Crippen LogP contribution in [0.4, 0.5) is 5.00 Å². The van der Waals surface area contributed by atoms with Gasteiger partial charge in [-0.05, 0) is 11.4 Å². The van der Waals surface area contributed by atoms with E-state index in [2.05, 4.69) is 5.32 Å². The third-order valence-electron chi connectivity index (χ3n) is 1.51. The Hall–Kier alpha value is -0.830. The summed E-state index contributed by atoms with van der Waals surface area (Å²) in [5.41, 5.74) is 0.819. The Morgan fingerprint density at radius 2 is 2.45 bits per heavy atom. The zero-order valence-electron chi connectivity index (χ0n) is 6.68. The van der Waals surface area contributed by atoms with Gasteiger partial charge >= 0.3 is 0 Å². The quantitative estimate of drug-likeness (QED) is 0.704. The molecule has 0 aliphatic rings. The maximum Gasteiger partial charge on any atom is 0.165 e. The van der Waals surface area contributed by atoms with E-state index in [9.17, 15) is 4.79 Å². The van der Waals surface area contributed by atoms with Crippen LogP contribution in [0.5, 0.6) is 0 Å². The van der Waals surface area contributed by atoms with Crippen molar-refractivity contribution in [1.82, 2.24) is 0 Å². The molecule has 0 fully saturated rings. The monoisotopic (exact) mass is 169 g/mol. The highest BCUT2D eigenvalue weighted by molar-refractivity contribution is 7.14. The molecule has 1 aromatic rings. The number of hydrogen-bond acceptors (Lipinski definition) is 3. The summed E-state index contributed by atoms with van der Waals surface area (Å²) in [5.74, 6) is 0.204. The van der Waals surface area contributed by atoms with E-state index >= 15 is 0 Å². The molecule has 1 heterocycles. The fraction of sp³-hybridized carbons (Fsp3) is 0.375. The summed E-state index contributed by atoms with van der Waals surface area (Å²) < 4.78 is 0. The second-order valence-corrected chi connectivity index (χ2v) is 3.11. The highest BCUT2D eigenvalue weighted by atomic mass is 32.1. The maximum atomic E-state index is 11.2. The number of rotatable bonds is 3. The molecule has 0 saturated heterocycles. The topological polar surface area (TPSA) is 29.1 Å². The first kappa shape index (κ1) is 8.27. The molecule has 0 unspecified atom stereocenters. The van der Waals surface area contributed by atoms with Crippen LogP contribution in [0.25, 0.3) is 0 Å². The summed E-state index contributed by atoms with van der Waals surface area (Å²) >= 11 is 1.56. The van der Waals surface area contributed by atoms with Crippen LogP contribution in [0, 0.1) is 0 Å². The Morgan fingerprint density at radius 3 is 3.00 bits per heavy atom. The molecule has 11 heavy (non-hydrogen) atoms. The van der Waals surface area contributed by atoms with Gasteiger partial charge in [0, 0.05) is 13.5 Å². The lowest BCUT2D eigenvalue weighted by molar-refractivity contribution is 0.0989. The van der Waals surface area contributed by atoms with Gasteiger partial charge in [-0.25, -0.2) is 0 Å². The molecule has 60 valence electrons. The van der Waals surface area contributed by atoms with E-state index in [0.29, 0.717) is 6.42 Å². The van der Waals surface area contributed by atoms with Crippen LogP contribution in [-0.4, -0.2) is 12.8 Å². The van der Waals surface area contributed by atoms with Crippen molar-refractivity contribution in [3.8, 4) is 0 Å². The lowest BCUT2D eigenvalue weighted by atomic mass is 10.2. The number of ketones is 1. The Kier molecular flexibility index (Phi) is 2.65. The minimum Gasteiger partial charge on any atom is -0.379 e. The SMILES string of the molecule is CCC(=O)c1ccsc1NC. The molecule has 2 nitrogen and oxygen atoms in total. The molecule has 0 aromatic carbocycles. The van der Waals surface area contributed by atoms with Crippen LogP contribution in [-0.2, 0) is 0 Å². The van der Waals surface area contributed by atoms with Crippen molar-refractivity contribution in [2.45, 2.75) is 13.3 Å². The number of anilines is 1. The minimum atomic E-state index is 0.204. The third kappa shape index (κ3) is 1.60. The van der Waals surface area contributed by atoms with Crippen LogP contribution in [0.2, 0.25) is 0 Å². The molecular weight excluding hydrogens is 158 g/mol. The van der Waals surface area contributed by atoms with E-state index in [4.69, 9.17) is 0 Å². The Morgan fingerprint density at radius 1 is 1.73 bits per heavy atom. The zero-order chi connectivity index (χ0) is 8.27. The molecule has 1 N–H and O–H groups in total. The first-order valence-corrected chi connectivity index (χ1v) is 4.46. The number of nitrogens with one attached hydrogen (secondary N) is 1. The van der Waals surface area contributed by atoms with Gasteiger partial charge in [-0.1, -0.05) is 6.92 Å². The van der Waals surface area contributed by atoms with Crippen molar-refractivity contribution < 1.29 is 4.79 Å². The van der Waals surface area contributed by atoms with E-state index in [-0.39, 0.29) is 5.78 Å². The summed E-state index contributed by atoms with van der Waals surface area (Å²) in [7, 11) is 1.83. The average molecular weight is 169 g/mol. The molecule has 0 saturated carbocycles. The van der Waals surface area contributed by atoms with Crippen LogP contribution >= 0.6 is 11.3 Å². The molecule has 3 heteroatoms. The molecule has 1 aromatic heterocycles. The number of hydrogen-bond donors (Lipinski definition) is 1. The molecule has 1 rings (SSSR count). The second-order valence-electron chi connectivity index (χ2n) is 2.19. The summed E-state index contributed by atoms with van der Waals surface area (Å²) in [6.45, 7) is 1.87. The third-order valence-corrected chi connectivity index (χ3v) is 2.45. The van der Waals surface area contributed by atoms with Crippen molar-refractivity contribution in [3.05, 3.63) is 17.0 Å². The van der Waals surface area contributed by atoms with Gasteiger partial charge in [-0.15, -0.1) is 11.3 Å². The molecular formula is C8H11NOS. The summed E-state index contributed by atoms with van der Waals surface area (Å²) in [4.78, 5) is 11.2. The van der Waals surface area contributed by atoms with Crippen LogP contribution in [0.1, 0.15) is 23.7 Å². The summed E-state index contributed by atoms with van der Waals surface area (Å²) in [6, 6.07) is 1.86. The highest BCUT2D eigenvalue weighted by Crippen LogP contribution is 2.23. The fourth-order valence-corrected chi connectivity index (χ4v) is 1.68. The fourth-order valence-electron chi connectivity index (χ4n) is 0.913. The molecule has 0 amide bonds. The standard InChI is InChI=1S/C8H11NOS/c1-3-7(10)6-4-5-11-8(6)9-2/h4-5,9H,3H2,1-2H3. The lowest BCUT2D eigenvalue weighted by Gasteiger charge is -1.98. The Balaban J connectivity index is 2.92. The van der Waals surface area contributed by atoms with Crippen LogP contribution in [0.15, 0.2) is 11.4 Å². The minimum absolute atomic E-state index is 0.204.